The van der Waals surface area contributed by atoms with E-state index < -0.39 is 0 Å². The topological polar surface area (TPSA) is 122 Å². The number of pyridine rings is 3. The summed E-state index contributed by atoms with van der Waals surface area (Å²) in [7, 11) is 0. The van der Waals surface area contributed by atoms with Gasteiger partial charge >= 0.3 is 0 Å². The third-order valence-corrected chi connectivity index (χ3v) is 4.89. The minimum absolute atomic E-state index is 0.614. The van der Waals surface area contributed by atoms with Crippen LogP contribution in [0.5, 0.6) is 0 Å². The molecule has 2 N–H and O–H groups in total. The molecule has 0 aromatic carbocycles. The molecule has 6 rings (SSSR count). The molecule has 6 heterocycles. The second-order valence-electron chi connectivity index (χ2n) is 6.70. The maximum Gasteiger partial charge on any atom is 0.161 e. The van der Waals surface area contributed by atoms with Gasteiger partial charge in [0.15, 0.2) is 17.1 Å². The van der Waals surface area contributed by atoms with Crippen molar-refractivity contribution in [3.63, 3.8) is 0 Å². The third-order valence-electron chi connectivity index (χ3n) is 4.89. The predicted octanol–water partition coefficient (Wildman–Crippen LogP) is 3.42. The summed E-state index contributed by atoms with van der Waals surface area (Å²) in [4.78, 5) is 29.4. The SMILES string of the molecule is c1cncc(-c2ccnc3[nH]c(-c4n[nH]c5ncc(-c6cncnc6)cc45)nc23)c1. The van der Waals surface area contributed by atoms with Gasteiger partial charge in [-0.1, -0.05) is 6.07 Å². The van der Waals surface area contributed by atoms with Crippen molar-refractivity contribution in [2.24, 2.45) is 0 Å². The third kappa shape index (κ3) is 2.60. The minimum atomic E-state index is 0.614. The number of hydrogen-bond donors (Lipinski definition) is 2. The molecule has 30 heavy (non-hydrogen) atoms. The minimum Gasteiger partial charge on any atom is -0.321 e. The molecule has 0 fully saturated rings. The predicted molar refractivity (Wildman–Crippen MR) is 111 cm³/mol. The standard InChI is InChI=1S/C21H13N9/c1-2-12(7-22-4-1)15-3-5-25-20-17(15)27-21(28-20)18-16-6-13(10-26-19(16)30-29-18)14-8-23-11-24-9-14/h1-11H,(H,25,27,28)(H,26,29,30). The maximum absolute atomic E-state index is 4.80. The van der Waals surface area contributed by atoms with Crippen LogP contribution >= 0.6 is 0 Å². The molecular weight excluding hydrogens is 378 g/mol. The van der Waals surface area contributed by atoms with Crippen LogP contribution in [0.3, 0.4) is 0 Å². The van der Waals surface area contributed by atoms with Crippen LogP contribution in [-0.2, 0) is 0 Å². The summed E-state index contributed by atoms with van der Waals surface area (Å²) >= 11 is 0. The lowest BCUT2D eigenvalue weighted by Crippen LogP contribution is -1.86. The molecule has 9 nitrogen and oxygen atoms in total. The average molecular weight is 391 g/mol. The van der Waals surface area contributed by atoms with Crippen LogP contribution < -0.4 is 0 Å². The number of nitrogens with one attached hydrogen (secondary N) is 2. The van der Waals surface area contributed by atoms with Crippen molar-refractivity contribution in [2.75, 3.05) is 0 Å². The van der Waals surface area contributed by atoms with Crippen molar-refractivity contribution >= 4 is 22.2 Å². The Morgan fingerprint density at radius 1 is 0.767 bits per heavy atom. The van der Waals surface area contributed by atoms with E-state index in [1.54, 1.807) is 31.0 Å². The van der Waals surface area contributed by atoms with Gasteiger partial charge in [0.1, 0.15) is 17.5 Å². The Balaban J connectivity index is 1.52. The van der Waals surface area contributed by atoms with Gasteiger partial charge in [0.2, 0.25) is 0 Å². The van der Waals surface area contributed by atoms with E-state index in [-0.39, 0.29) is 0 Å². The van der Waals surface area contributed by atoms with Crippen molar-refractivity contribution < 1.29 is 0 Å². The summed E-state index contributed by atoms with van der Waals surface area (Å²) in [6.45, 7) is 0. The molecule has 0 aliphatic carbocycles. The molecule has 0 amide bonds. The van der Waals surface area contributed by atoms with Gasteiger partial charge in [0, 0.05) is 59.4 Å². The van der Waals surface area contributed by atoms with Gasteiger partial charge in [-0.25, -0.2) is 24.9 Å². The molecule has 0 radical (unpaired) electrons. The molecule has 0 atom stereocenters. The fourth-order valence-corrected chi connectivity index (χ4v) is 3.47. The number of aromatic nitrogens is 9. The van der Waals surface area contributed by atoms with Gasteiger partial charge in [-0.2, -0.15) is 5.10 Å². The summed E-state index contributed by atoms with van der Waals surface area (Å²) in [5, 5.41) is 8.26. The average Bonchev–Trinajstić information content (AvgIpc) is 3.43. The van der Waals surface area contributed by atoms with E-state index in [9.17, 15) is 0 Å². The van der Waals surface area contributed by atoms with Gasteiger partial charge in [0.05, 0.1) is 5.39 Å². The van der Waals surface area contributed by atoms with Crippen molar-refractivity contribution in [1.29, 1.82) is 0 Å². The van der Waals surface area contributed by atoms with Crippen LogP contribution in [0.4, 0.5) is 0 Å². The number of imidazole rings is 1. The molecule has 142 valence electrons. The highest BCUT2D eigenvalue weighted by Crippen LogP contribution is 2.31. The Labute approximate surface area is 169 Å². The van der Waals surface area contributed by atoms with Crippen molar-refractivity contribution in [3.05, 3.63) is 67.8 Å². The highest BCUT2D eigenvalue weighted by atomic mass is 15.2. The summed E-state index contributed by atoms with van der Waals surface area (Å²) in [6, 6.07) is 7.83. The van der Waals surface area contributed by atoms with Crippen molar-refractivity contribution in [3.8, 4) is 33.8 Å². The number of rotatable bonds is 3. The lowest BCUT2D eigenvalue weighted by molar-refractivity contribution is 1.09. The van der Waals surface area contributed by atoms with Crippen LogP contribution in [-0.4, -0.2) is 45.1 Å². The maximum atomic E-state index is 4.80. The first-order valence-corrected chi connectivity index (χ1v) is 9.22. The van der Waals surface area contributed by atoms with E-state index in [1.807, 2.05) is 30.5 Å². The molecule has 0 saturated heterocycles. The number of aromatic amines is 2. The fraction of sp³-hybridized carbons (Fsp3) is 0. The van der Waals surface area contributed by atoms with E-state index in [0.717, 1.165) is 33.2 Å². The van der Waals surface area contributed by atoms with E-state index in [4.69, 9.17) is 4.98 Å². The zero-order valence-electron chi connectivity index (χ0n) is 15.5. The second-order valence-corrected chi connectivity index (χ2v) is 6.70. The molecule has 9 heteroatoms. The Morgan fingerprint density at radius 3 is 2.53 bits per heavy atom. The lowest BCUT2D eigenvalue weighted by atomic mass is 10.1. The van der Waals surface area contributed by atoms with Gasteiger partial charge < -0.3 is 4.98 Å². The fourth-order valence-electron chi connectivity index (χ4n) is 3.47. The van der Waals surface area contributed by atoms with E-state index in [1.165, 1.54) is 6.33 Å². The smallest absolute Gasteiger partial charge is 0.161 e. The number of nitrogens with zero attached hydrogens (tertiary/aromatic N) is 7. The second kappa shape index (κ2) is 6.52. The van der Waals surface area contributed by atoms with Crippen LogP contribution in [0.1, 0.15) is 0 Å². The number of H-pyrrole nitrogens is 2. The molecule has 6 aromatic heterocycles. The summed E-state index contributed by atoms with van der Waals surface area (Å²) in [5.74, 6) is 0.614. The first-order chi connectivity index (χ1) is 14.9. The summed E-state index contributed by atoms with van der Waals surface area (Å²) in [6.07, 6.45) is 12.1. The molecular formula is C21H13N9. The van der Waals surface area contributed by atoms with Crippen LogP contribution in [0.15, 0.2) is 67.8 Å². The quantitative estimate of drug-likeness (QED) is 0.474. The normalized spacial score (nSPS) is 11.3. The Morgan fingerprint density at radius 2 is 1.67 bits per heavy atom. The van der Waals surface area contributed by atoms with Gasteiger partial charge in [0.25, 0.3) is 0 Å². The zero-order chi connectivity index (χ0) is 19.9. The summed E-state index contributed by atoms with van der Waals surface area (Å²) in [5.41, 5.74) is 6.50. The first-order valence-electron chi connectivity index (χ1n) is 9.22. The van der Waals surface area contributed by atoms with Gasteiger partial charge in [-0.3, -0.25) is 10.1 Å². The zero-order valence-corrected chi connectivity index (χ0v) is 15.5. The molecule has 0 saturated carbocycles. The van der Waals surface area contributed by atoms with E-state index in [2.05, 4.69) is 40.1 Å². The van der Waals surface area contributed by atoms with Gasteiger partial charge in [-0.15, -0.1) is 0 Å². The highest BCUT2D eigenvalue weighted by Gasteiger charge is 2.17. The first kappa shape index (κ1) is 16.4. The van der Waals surface area contributed by atoms with Crippen molar-refractivity contribution in [1.82, 2.24) is 45.1 Å². The van der Waals surface area contributed by atoms with Crippen LogP contribution in [0.25, 0.3) is 56.0 Å². The van der Waals surface area contributed by atoms with E-state index >= 15 is 0 Å². The molecule has 0 aliphatic heterocycles. The number of fused-ring (bicyclic) bond motifs is 2. The Hall–Kier alpha value is -4.53. The Kier molecular flexibility index (Phi) is 3.57. The molecule has 0 unspecified atom stereocenters. The molecule has 0 aliphatic rings. The molecule has 0 spiro atoms. The van der Waals surface area contributed by atoms with Crippen molar-refractivity contribution in [2.45, 2.75) is 0 Å². The highest BCUT2D eigenvalue weighted by molar-refractivity contribution is 5.95. The summed E-state index contributed by atoms with van der Waals surface area (Å²) < 4.78 is 0. The lowest BCUT2D eigenvalue weighted by Gasteiger charge is -2.00. The molecule has 0 bridgehead atoms. The van der Waals surface area contributed by atoms with Crippen LogP contribution in [0.2, 0.25) is 0 Å². The largest absolute Gasteiger partial charge is 0.321 e. The number of hydrogen-bond acceptors (Lipinski definition) is 7. The Bertz CT molecular complexity index is 1490. The molecule has 6 aromatic rings. The van der Waals surface area contributed by atoms with E-state index in [0.29, 0.717) is 22.8 Å². The van der Waals surface area contributed by atoms with Crippen LogP contribution in [0, 0.1) is 0 Å². The van der Waals surface area contributed by atoms with Gasteiger partial charge in [-0.05, 0) is 18.2 Å². The monoisotopic (exact) mass is 391 g/mol.